The molecule has 2 saturated heterocycles. The molecular formula is C13H24N2O2S. The number of nitrogens with zero attached hydrogens (tertiary/aromatic N) is 1. The van der Waals surface area contributed by atoms with Crippen LogP contribution in [0.4, 0.5) is 0 Å². The molecule has 0 saturated carbocycles. The van der Waals surface area contributed by atoms with Crippen molar-refractivity contribution in [3.63, 3.8) is 0 Å². The largest absolute Gasteiger partial charge is 0.372 e. The lowest BCUT2D eigenvalue weighted by Crippen LogP contribution is -2.51. The van der Waals surface area contributed by atoms with Crippen molar-refractivity contribution in [3.05, 3.63) is 0 Å². The van der Waals surface area contributed by atoms with E-state index in [2.05, 4.69) is 19.2 Å². The maximum Gasteiger partial charge on any atom is 0.224 e. The van der Waals surface area contributed by atoms with Crippen molar-refractivity contribution in [2.75, 3.05) is 31.1 Å². The molecule has 2 aliphatic rings. The van der Waals surface area contributed by atoms with Crippen molar-refractivity contribution in [3.8, 4) is 0 Å². The summed E-state index contributed by atoms with van der Waals surface area (Å²) in [6, 6.07) is 0.356. The van der Waals surface area contributed by atoms with Crippen LogP contribution in [0.25, 0.3) is 0 Å². The normalized spacial score (nSPS) is 33.4. The fourth-order valence-corrected chi connectivity index (χ4v) is 3.51. The van der Waals surface area contributed by atoms with Gasteiger partial charge < -0.3 is 15.0 Å². The van der Waals surface area contributed by atoms with Gasteiger partial charge in [0.1, 0.15) is 0 Å². The number of rotatable bonds is 3. The van der Waals surface area contributed by atoms with E-state index in [1.807, 2.05) is 16.7 Å². The molecule has 1 N–H and O–H groups in total. The molecule has 0 spiro atoms. The van der Waals surface area contributed by atoms with Crippen LogP contribution in [0, 0.1) is 0 Å². The summed E-state index contributed by atoms with van der Waals surface area (Å²) < 4.78 is 5.79. The van der Waals surface area contributed by atoms with Crippen LogP contribution in [0.1, 0.15) is 26.7 Å². The Morgan fingerprint density at radius 1 is 1.50 bits per heavy atom. The molecule has 2 heterocycles. The van der Waals surface area contributed by atoms with Gasteiger partial charge >= 0.3 is 0 Å². The second-order valence-electron chi connectivity index (χ2n) is 5.21. The van der Waals surface area contributed by atoms with E-state index in [1.54, 1.807) is 0 Å². The lowest BCUT2D eigenvalue weighted by atomic mass is 10.1. The molecule has 4 nitrogen and oxygen atoms in total. The zero-order valence-electron chi connectivity index (χ0n) is 11.4. The van der Waals surface area contributed by atoms with E-state index in [0.717, 1.165) is 37.6 Å². The van der Waals surface area contributed by atoms with Crippen molar-refractivity contribution in [1.29, 1.82) is 0 Å². The molecule has 2 fully saturated rings. The zero-order chi connectivity index (χ0) is 13.0. The first kappa shape index (κ1) is 14.2. The van der Waals surface area contributed by atoms with Crippen LogP contribution in [0.5, 0.6) is 0 Å². The van der Waals surface area contributed by atoms with Gasteiger partial charge in [-0.05, 0) is 13.3 Å². The Kier molecular flexibility index (Phi) is 5.33. The van der Waals surface area contributed by atoms with E-state index < -0.39 is 0 Å². The van der Waals surface area contributed by atoms with Gasteiger partial charge in [0.15, 0.2) is 0 Å². The zero-order valence-corrected chi connectivity index (χ0v) is 12.2. The number of hydrogen-bond donors (Lipinski definition) is 1. The number of amides is 1. The standard InChI is InChI=1S/C13H24N2O2S/c1-3-12-8-15(7-10(2)17-12)13(16)6-11-9-18-5-4-14-11/h10-12,14H,3-9H2,1-2H3. The highest BCUT2D eigenvalue weighted by Gasteiger charge is 2.28. The van der Waals surface area contributed by atoms with Crippen LogP contribution in [0.3, 0.4) is 0 Å². The second-order valence-corrected chi connectivity index (χ2v) is 6.36. The van der Waals surface area contributed by atoms with Gasteiger partial charge in [0, 0.05) is 43.6 Å². The highest BCUT2D eigenvalue weighted by atomic mass is 32.2. The van der Waals surface area contributed by atoms with E-state index >= 15 is 0 Å². The molecule has 3 unspecified atom stereocenters. The van der Waals surface area contributed by atoms with Crippen molar-refractivity contribution >= 4 is 17.7 Å². The molecule has 104 valence electrons. The van der Waals surface area contributed by atoms with Crippen LogP contribution < -0.4 is 5.32 Å². The number of thioether (sulfide) groups is 1. The summed E-state index contributed by atoms with van der Waals surface area (Å²) in [6.07, 6.45) is 2.00. The third kappa shape index (κ3) is 3.87. The van der Waals surface area contributed by atoms with Gasteiger partial charge in [-0.25, -0.2) is 0 Å². The molecule has 0 radical (unpaired) electrons. The number of hydrogen-bond acceptors (Lipinski definition) is 4. The van der Waals surface area contributed by atoms with Crippen LogP contribution >= 0.6 is 11.8 Å². The second kappa shape index (κ2) is 6.78. The summed E-state index contributed by atoms with van der Waals surface area (Å²) in [5.74, 6) is 2.50. The summed E-state index contributed by atoms with van der Waals surface area (Å²) in [5, 5.41) is 3.43. The third-order valence-electron chi connectivity index (χ3n) is 3.55. The predicted molar refractivity (Wildman–Crippen MR) is 74.9 cm³/mol. The minimum Gasteiger partial charge on any atom is -0.372 e. The van der Waals surface area contributed by atoms with Crippen LogP contribution in [-0.4, -0.2) is 60.2 Å². The first-order valence-corrected chi connectivity index (χ1v) is 8.09. The van der Waals surface area contributed by atoms with E-state index in [-0.39, 0.29) is 18.1 Å². The van der Waals surface area contributed by atoms with Gasteiger partial charge in [0.2, 0.25) is 5.91 Å². The highest BCUT2D eigenvalue weighted by Crippen LogP contribution is 2.16. The Labute approximate surface area is 114 Å². The maximum absolute atomic E-state index is 12.3. The molecule has 2 rings (SSSR count). The fourth-order valence-electron chi connectivity index (χ4n) is 2.56. The SMILES string of the molecule is CCC1CN(C(=O)CC2CSCCN2)CC(C)O1. The summed E-state index contributed by atoms with van der Waals surface area (Å²) in [4.78, 5) is 14.3. The molecule has 2 aliphatic heterocycles. The lowest BCUT2D eigenvalue weighted by molar-refractivity contribution is -0.144. The Morgan fingerprint density at radius 3 is 3.00 bits per heavy atom. The molecule has 3 atom stereocenters. The monoisotopic (exact) mass is 272 g/mol. The molecule has 0 aromatic heterocycles. The number of ether oxygens (including phenoxy) is 1. The average molecular weight is 272 g/mol. The fraction of sp³-hybridized carbons (Fsp3) is 0.923. The van der Waals surface area contributed by atoms with Gasteiger partial charge in [-0.3, -0.25) is 4.79 Å². The average Bonchev–Trinajstić information content (AvgIpc) is 2.39. The van der Waals surface area contributed by atoms with E-state index in [4.69, 9.17) is 4.74 Å². The minimum absolute atomic E-state index is 0.168. The van der Waals surface area contributed by atoms with E-state index in [1.165, 1.54) is 0 Å². The van der Waals surface area contributed by atoms with Crippen molar-refractivity contribution in [2.24, 2.45) is 0 Å². The highest BCUT2D eigenvalue weighted by molar-refractivity contribution is 7.99. The molecule has 0 bridgehead atoms. The van der Waals surface area contributed by atoms with Crippen molar-refractivity contribution < 1.29 is 9.53 Å². The van der Waals surface area contributed by atoms with Gasteiger partial charge in [0.25, 0.3) is 0 Å². The molecule has 0 aliphatic carbocycles. The third-order valence-corrected chi connectivity index (χ3v) is 4.68. The van der Waals surface area contributed by atoms with Crippen LogP contribution in [0.15, 0.2) is 0 Å². The van der Waals surface area contributed by atoms with Gasteiger partial charge in [-0.15, -0.1) is 0 Å². The number of morpholine rings is 1. The topological polar surface area (TPSA) is 41.6 Å². The van der Waals surface area contributed by atoms with Crippen LogP contribution in [-0.2, 0) is 9.53 Å². The molecule has 18 heavy (non-hydrogen) atoms. The van der Waals surface area contributed by atoms with Crippen molar-refractivity contribution in [1.82, 2.24) is 10.2 Å². The van der Waals surface area contributed by atoms with Crippen LogP contribution in [0.2, 0.25) is 0 Å². The molecule has 0 aromatic rings. The lowest BCUT2D eigenvalue weighted by Gasteiger charge is -2.37. The predicted octanol–water partition coefficient (Wildman–Crippen LogP) is 1.11. The number of carbonyl (C=O) groups is 1. The van der Waals surface area contributed by atoms with E-state index in [9.17, 15) is 4.79 Å². The Bertz CT molecular complexity index is 282. The van der Waals surface area contributed by atoms with Gasteiger partial charge in [0.05, 0.1) is 12.2 Å². The summed E-state index contributed by atoms with van der Waals surface area (Å²) in [7, 11) is 0. The Morgan fingerprint density at radius 2 is 2.33 bits per heavy atom. The Balaban J connectivity index is 1.83. The first-order valence-electron chi connectivity index (χ1n) is 6.93. The summed E-state index contributed by atoms with van der Waals surface area (Å²) in [5.41, 5.74) is 0. The molecular weight excluding hydrogens is 248 g/mol. The van der Waals surface area contributed by atoms with Gasteiger partial charge in [-0.2, -0.15) is 11.8 Å². The molecule has 0 aromatic carbocycles. The van der Waals surface area contributed by atoms with Gasteiger partial charge in [-0.1, -0.05) is 6.92 Å². The quantitative estimate of drug-likeness (QED) is 0.835. The summed E-state index contributed by atoms with van der Waals surface area (Å²) in [6.45, 7) is 6.70. The minimum atomic E-state index is 0.168. The number of carbonyl (C=O) groups excluding carboxylic acids is 1. The number of nitrogens with one attached hydrogen (secondary N) is 1. The first-order chi connectivity index (χ1) is 8.69. The summed E-state index contributed by atoms with van der Waals surface area (Å²) >= 11 is 1.94. The maximum atomic E-state index is 12.3. The smallest absolute Gasteiger partial charge is 0.224 e. The van der Waals surface area contributed by atoms with Crippen molar-refractivity contribution in [2.45, 2.75) is 44.9 Å². The Hall–Kier alpha value is -0.260. The molecule has 5 heteroatoms. The van der Waals surface area contributed by atoms with E-state index in [0.29, 0.717) is 12.5 Å². The molecule has 1 amide bonds.